The monoisotopic (exact) mass is 369 g/mol. The number of amides is 2. The molecule has 0 bridgehead atoms. The zero-order valence-electron chi connectivity index (χ0n) is 15.2. The molecule has 1 saturated heterocycles. The van der Waals surface area contributed by atoms with E-state index in [4.69, 9.17) is 0 Å². The van der Waals surface area contributed by atoms with Gasteiger partial charge in [0.15, 0.2) is 0 Å². The molecule has 2 amide bonds. The summed E-state index contributed by atoms with van der Waals surface area (Å²) in [6.45, 7) is 2.05. The summed E-state index contributed by atoms with van der Waals surface area (Å²) in [5.41, 5.74) is 2.57. The Labute approximate surface area is 158 Å². The molecule has 27 heavy (non-hydrogen) atoms. The third kappa shape index (κ3) is 5.81. The lowest BCUT2D eigenvalue weighted by Crippen LogP contribution is -2.33. The molecule has 1 fully saturated rings. The van der Waals surface area contributed by atoms with E-state index in [9.17, 15) is 14.0 Å². The zero-order chi connectivity index (χ0) is 19.1. The highest BCUT2D eigenvalue weighted by molar-refractivity contribution is 5.94. The second-order valence-corrected chi connectivity index (χ2v) is 6.72. The second kappa shape index (κ2) is 9.16. The fraction of sp³-hybridized carbons (Fsp3) is 0.333. The number of carbonyl (C=O) groups excluding carboxylic acids is 2. The van der Waals surface area contributed by atoms with Gasteiger partial charge in [-0.15, -0.1) is 0 Å². The summed E-state index contributed by atoms with van der Waals surface area (Å²) < 4.78 is 12.9. The van der Waals surface area contributed by atoms with Crippen molar-refractivity contribution in [2.45, 2.75) is 25.7 Å². The quantitative estimate of drug-likeness (QED) is 0.822. The Morgan fingerprint density at radius 2 is 1.56 bits per heavy atom. The number of hydrogen-bond donors (Lipinski definition) is 2. The van der Waals surface area contributed by atoms with Crippen LogP contribution >= 0.6 is 0 Å². The van der Waals surface area contributed by atoms with Gasteiger partial charge in [-0.1, -0.05) is 12.1 Å². The van der Waals surface area contributed by atoms with Gasteiger partial charge < -0.3 is 15.5 Å². The molecule has 0 aromatic heterocycles. The van der Waals surface area contributed by atoms with E-state index in [-0.39, 0.29) is 30.6 Å². The van der Waals surface area contributed by atoms with Crippen molar-refractivity contribution in [3.05, 3.63) is 59.9 Å². The Kier molecular flexibility index (Phi) is 6.41. The minimum atomic E-state index is -0.343. The third-order valence-electron chi connectivity index (χ3n) is 4.60. The molecule has 142 valence electrons. The Balaban J connectivity index is 1.43. The normalized spacial score (nSPS) is 13.9. The van der Waals surface area contributed by atoms with E-state index in [1.54, 1.807) is 12.1 Å². The van der Waals surface area contributed by atoms with Crippen molar-refractivity contribution in [1.82, 2.24) is 5.32 Å². The number of anilines is 2. The number of carbonyl (C=O) groups is 2. The smallest absolute Gasteiger partial charge is 0.243 e. The van der Waals surface area contributed by atoms with E-state index >= 15 is 0 Å². The standard InChI is InChI=1S/C21H24FN3O2/c22-17-6-4-16(5-7-17)14-20(26)23-15-21(27)24-18-8-10-19(11-9-18)25-12-2-1-3-13-25/h4-11H,1-3,12-15H2,(H,23,26)(H,24,27). The maximum Gasteiger partial charge on any atom is 0.243 e. The lowest BCUT2D eigenvalue weighted by atomic mass is 10.1. The van der Waals surface area contributed by atoms with Crippen molar-refractivity contribution in [2.75, 3.05) is 29.9 Å². The van der Waals surface area contributed by atoms with Crippen molar-refractivity contribution < 1.29 is 14.0 Å². The van der Waals surface area contributed by atoms with Crippen molar-refractivity contribution in [1.29, 1.82) is 0 Å². The number of nitrogens with zero attached hydrogens (tertiary/aromatic N) is 1. The van der Waals surface area contributed by atoms with E-state index in [1.807, 2.05) is 24.3 Å². The number of rotatable bonds is 6. The van der Waals surface area contributed by atoms with Crippen LogP contribution in [0.25, 0.3) is 0 Å². The first kappa shape index (κ1) is 18.9. The van der Waals surface area contributed by atoms with Crippen LogP contribution in [-0.4, -0.2) is 31.4 Å². The van der Waals surface area contributed by atoms with Gasteiger partial charge in [-0.05, 0) is 61.2 Å². The molecule has 1 aliphatic rings. The molecular formula is C21H24FN3O2. The topological polar surface area (TPSA) is 61.4 Å². The van der Waals surface area contributed by atoms with Crippen LogP contribution < -0.4 is 15.5 Å². The SMILES string of the molecule is O=C(Cc1ccc(F)cc1)NCC(=O)Nc1ccc(N2CCCCC2)cc1. The molecule has 0 saturated carbocycles. The highest BCUT2D eigenvalue weighted by Crippen LogP contribution is 2.21. The molecule has 2 aromatic carbocycles. The molecule has 1 heterocycles. The van der Waals surface area contributed by atoms with Crippen LogP contribution in [0.2, 0.25) is 0 Å². The van der Waals surface area contributed by atoms with Crippen molar-refractivity contribution in [3.8, 4) is 0 Å². The summed E-state index contributed by atoms with van der Waals surface area (Å²) in [4.78, 5) is 26.3. The number of hydrogen-bond acceptors (Lipinski definition) is 3. The van der Waals surface area contributed by atoms with Gasteiger partial charge in [-0.3, -0.25) is 9.59 Å². The van der Waals surface area contributed by atoms with Crippen molar-refractivity contribution in [2.24, 2.45) is 0 Å². The largest absolute Gasteiger partial charge is 0.372 e. The van der Waals surface area contributed by atoms with Gasteiger partial charge in [-0.2, -0.15) is 0 Å². The minimum absolute atomic E-state index is 0.103. The van der Waals surface area contributed by atoms with Gasteiger partial charge in [0.25, 0.3) is 0 Å². The van der Waals surface area contributed by atoms with Gasteiger partial charge in [0, 0.05) is 24.5 Å². The maximum atomic E-state index is 12.9. The summed E-state index contributed by atoms with van der Waals surface area (Å²) >= 11 is 0. The van der Waals surface area contributed by atoms with Gasteiger partial charge in [0.1, 0.15) is 5.82 Å². The van der Waals surface area contributed by atoms with Crippen molar-refractivity contribution >= 4 is 23.2 Å². The lowest BCUT2D eigenvalue weighted by molar-refractivity contribution is -0.123. The highest BCUT2D eigenvalue weighted by atomic mass is 19.1. The number of nitrogens with one attached hydrogen (secondary N) is 2. The van der Waals surface area contributed by atoms with Crippen LogP contribution in [0.1, 0.15) is 24.8 Å². The maximum absolute atomic E-state index is 12.9. The minimum Gasteiger partial charge on any atom is -0.372 e. The first-order valence-corrected chi connectivity index (χ1v) is 9.26. The molecular weight excluding hydrogens is 345 g/mol. The summed E-state index contributed by atoms with van der Waals surface area (Å²) in [6, 6.07) is 13.5. The molecule has 1 aliphatic heterocycles. The first-order valence-electron chi connectivity index (χ1n) is 9.26. The Morgan fingerprint density at radius 3 is 2.22 bits per heavy atom. The van der Waals surface area contributed by atoms with E-state index in [0.717, 1.165) is 13.1 Å². The first-order chi connectivity index (χ1) is 13.1. The molecule has 0 unspecified atom stereocenters. The lowest BCUT2D eigenvalue weighted by Gasteiger charge is -2.28. The summed E-state index contributed by atoms with van der Waals surface area (Å²) in [7, 11) is 0. The van der Waals surface area contributed by atoms with Crippen LogP contribution in [0.3, 0.4) is 0 Å². The molecule has 6 heteroatoms. The molecule has 0 spiro atoms. The zero-order valence-corrected chi connectivity index (χ0v) is 15.2. The van der Waals surface area contributed by atoms with Crippen LogP contribution in [-0.2, 0) is 16.0 Å². The average Bonchev–Trinajstić information content (AvgIpc) is 2.69. The molecule has 0 radical (unpaired) electrons. The number of piperidine rings is 1. The van der Waals surface area contributed by atoms with E-state index in [2.05, 4.69) is 15.5 Å². The van der Waals surface area contributed by atoms with Gasteiger partial charge in [-0.25, -0.2) is 4.39 Å². The van der Waals surface area contributed by atoms with Crippen molar-refractivity contribution in [3.63, 3.8) is 0 Å². The molecule has 0 aliphatic carbocycles. The number of benzene rings is 2. The fourth-order valence-corrected chi connectivity index (χ4v) is 3.14. The van der Waals surface area contributed by atoms with Crippen LogP contribution in [0.5, 0.6) is 0 Å². The summed E-state index contributed by atoms with van der Waals surface area (Å²) in [6.07, 6.45) is 3.84. The second-order valence-electron chi connectivity index (χ2n) is 6.72. The molecule has 0 atom stereocenters. The Bertz CT molecular complexity index is 769. The van der Waals surface area contributed by atoms with Gasteiger partial charge in [0.05, 0.1) is 13.0 Å². The van der Waals surface area contributed by atoms with E-state index in [1.165, 1.54) is 37.1 Å². The predicted molar refractivity (Wildman–Crippen MR) is 104 cm³/mol. The summed E-state index contributed by atoms with van der Waals surface area (Å²) in [5, 5.41) is 5.35. The molecule has 2 aromatic rings. The molecule has 5 nitrogen and oxygen atoms in total. The third-order valence-corrected chi connectivity index (χ3v) is 4.60. The molecule has 3 rings (SSSR count). The Morgan fingerprint density at radius 1 is 0.889 bits per heavy atom. The van der Waals surface area contributed by atoms with E-state index < -0.39 is 0 Å². The van der Waals surface area contributed by atoms with E-state index in [0.29, 0.717) is 11.3 Å². The predicted octanol–water partition coefficient (Wildman–Crippen LogP) is 3.11. The molecule has 2 N–H and O–H groups in total. The highest BCUT2D eigenvalue weighted by Gasteiger charge is 2.11. The van der Waals surface area contributed by atoms with Crippen LogP contribution in [0, 0.1) is 5.82 Å². The van der Waals surface area contributed by atoms with Gasteiger partial charge in [0.2, 0.25) is 11.8 Å². The number of halogens is 1. The van der Waals surface area contributed by atoms with Gasteiger partial charge >= 0.3 is 0 Å². The van der Waals surface area contributed by atoms with Crippen LogP contribution in [0.15, 0.2) is 48.5 Å². The summed E-state index contributed by atoms with van der Waals surface area (Å²) in [5.74, 6) is -0.907. The Hall–Kier alpha value is -2.89. The fourth-order valence-electron chi connectivity index (χ4n) is 3.14. The average molecular weight is 369 g/mol. The van der Waals surface area contributed by atoms with Crippen LogP contribution in [0.4, 0.5) is 15.8 Å².